The van der Waals surface area contributed by atoms with E-state index in [0.717, 1.165) is 23.2 Å². The molecule has 44 heavy (non-hydrogen) atoms. The van der Waals surface area contributed by atoms with Gasteiger partial charge < -0.3 is 24.6 Å². The number of halogens is 3. The minimum Gasteiger partial charge on any atom is -0.489 e. The number of anilines is 3. The van der Waals surface area contributed by atoms with Crippen LogP contribution in [0.3, 0.4) is 0 Å². The van der Waals surface area contributed by atoms with E-state index in [1.807, 2.05) is 21.9 Å². The van der Waals surface area contributed by atoms with Gasteiger partial charge >= 0.3 is 0 Å². The molecule has 1 N–H and O–H groups in total. The fourth-order valence-electron chi connectivity index (χ4n) is 5.36. The van der Waals surface area contributed by atoms with E-state index in [1.54, 1.807) is 24.5 Å². The van der Waals surface area contributed by atoms with Crippen LogP contribution >= 0.6 is 0 Å². The van der Waals surface area contributed by atoms with E-state index >= 15 is 0 Å². The highest BCUT2D eigenvalue weighted by Crippen LogP contribution is 2.43. The Morgan fingerprint density at radius 1 is 1.05 bits per heavy atom. The molecule has 1 aromatic carbocycles. The number of hydrogen-bond acceptors (Lipinski definition) is 10. The van der Waals surface area contributed by atoms with Crippen molar-refractivity contribution in [2.45, 2.75) is 29.5 Å². The number of hydrogen-bond donors (Lipinski definition) is 1. The lowest BCUT2D eigenvalue weighted by atomic mass is 10.1. The fourth-order valence-corrected chi connectivity index (χ4v) is 6.75. The Kier molecular flexibility index (Phi) is 6.91. The Bertz CT molecular complexity index is 1910. The second-order valence-corrected chi connectivity index (χ2v) is 12.6. The number of benzene rings is 1. The minimum absolute atomic E-state index is 0.0783. The van der Waals surface area contributed by atoms with Crippen LogP contribution in [-0.4, -0.2) is 73.8 Å². The normalized spacial score (nSPS) is 19.2. The molecule has 0 saturated carbocycles. The van der Waals surface area contributed by atoms with Crippen LogP contribution in [0.15, 0.2) is 53.7 Å². The number of carbonyl (C=O) groups excluding carboxylic acids is 1. The van der Waals surface area contributed by atoms with Crippen molar-refractivity contribution in [2.75, 3.05) is 42.6 Å². The second-order valence-electron chi connectivity index (χ2n) is 10.6. The van der Waals surface area contributed by atoms with Gasteiger partial charge in [-0.1, -0.05) is 0 Å². The lowest BCUT2D eigenvalue weighted by Crippen LogP contribution is -2.48. The molecule has 4 aromatic rings. The van der Waals surface area contributed by atoms with Gasteiger partial charge in [0.1, 0.15) is 23.5 Å². The maximum absolute atomic E-state index is 14.7. The third kappa shape index (κ3) is 4.90. The van der Waals surface area contributed by atoms with Crippen molar-refractivity contribution in [3.8, 4) is 11.5 Å². The lowest BCUT2D eigenvalue weighted by molar-refractivity contribution is 0.0949. The number of carbonyl (C=O) groups is 1. The van der Waals surface area contributed by atoms with Crippen molar-refractivity contribution in [3.05, 3.63) is 65.9 Å². The standard InChI is InChI=1S/C29H25F3N6O5S/c30-18-14-37(15-18)22-3-5-33-28-27(22)43-8-6-38(28)25-2-1-16-12-34-19(11-21(16)36-25)13-35-29(39)17-9-20(31)26-23(10-17)44(40,41)24(32)4-7-42-26/h1-3,5,9-12,18,24H,4,6-8,13-15H2,(H,35,39)/t24-/m1/s1. The summed E-state index contributed by atoms with van der Waals surface area (Å²) in [5.74, 6) is -0.699. The van der Waals surface area contributed by atoms with Crippen molar-refractivity contribution in [1.29, 1.82) is 0 Å². The topological polar surface area (TPSA) is 127 Å². The number of fused-ring (bicyclic) bond motifs is 3. The summed E-state index contributed by atoms with van der Waals surface area (Å²) >= 11 is 0. The van der Waals surface area contributed by atoms with Crippen LogP contribution in [0.4, 0.5) is 30.5 Å². The van der Waals surface area contributed by atoms with E-state index in [2.05, 4.69) is 15.3 Å². The molecule has 228 valence electrons. The van der Waals surface area contributed by atoms with Gasteiger partial charge in [0.25, 0.3) is 5.91 Å². The molecular weight excluding hydrogens is 601 g/mol. The average molecular weight is 627 g/mol. The highest BCUT2D eigenvalue weighted by Gasteiger charge is 2.36. The molecule has 3 aliphatic heterocycles. The molecule has 0 aliphatic carbocycles. The highest BCUT2D eigenvalue weighted by molar-refractivity contribution is 7.92. The van der Waals surface area contributed by atoms with Crippen molar-refractivity contribution in [3.63, 3.8) is 0 Å². The second kappa shape index (κ2) is 10.8. The van der Waals surface area contributed by atoms with Crippen LogP contribution in [0.1, 0.15) is 22.5 Å². The van der Waals surface area contributed by atoms with Crippen molar-refractivity contribution in [2.24, 2.45) is 0 Å². The number of pyridine rings is 3. The zero-order valence-electron chi connectivity index (χ0n) is 23.0. The minimum atomic E-state index is -4.53. The van der Waals surface area contributed by atoms with E-state index in [-0.39, 0.29) is 18.7 Å². The maximum Gasteiger partial charge on any atom is 0.251 e. The molecule has 3 aromatic heterocycles. The molecule has 0 bridgehead atoms. The predicted octanol–water partition coefficient (Wildman–Crippen LogP) is 3.63. The van der Waals surface area contributed by atoms with E-state index in [1.165, 1.54) is 0 Å². The summed E-state index contributed by atoms with van der Waals surface area (Å²) in [5, 5.41) is 3.34. The van der Waals surface area contributed by atoms with Crippen LogP contribution in [0.5, 0.6) is 11.5 Å². The number of rotatable bonds is 5. The first-order valence-electron chi connectivity index (χ1n) is 13.9. The molecule has 15 heteroatoms. The molecule has 11 nitrogen and oxygen atoms in total. The molecule has 1 fully saturated rings. The summed E-state index contributed by atoms with van der Waals surface area (Å²) in [6.07, 6.45) is 1.94. The van der Waals surface area contributed by atoms with Gasteiger partial charge in [-0.15, -0.1) is 0 Å². The van der Waals surface area contributed by atoms with Crippen LogP contribution in [0.25, 0.3) is 10.9 Å². The molecule has 0 unspecified atom stereocenters. The summed E-state index contributed by atoms with van der Waals surface area (Å²) < 4.78 is 78.6. The molecule has 1 saturated heterocycles. The van der Waals surface area contributed by atoms with E-state index < -0.39 is 50.3 Å². The summed E-state index contributed by atoms with van der Waals surface area (Å²) in [7, 11) is -4.53. The number of alkyl halides is 2. The molecule has 6 heterocycles. The van der Waals surface area contributed by atoms with Gasteiger partial charge in [0.2, 0.25) is 15.3 Å². The predicted molar refractivity (Wildman–Crippen MR) is 153 cm³/mol. The van der Waals surface area contributed by atoms with Gasteiger partial charge in [-0.3, -0.25) is 9.78 Å². The number of nitrogens with zero attached hydrogens (tertiary/aromatic N) is 5. The third-order valence-corrected chi connectivity index (χ3v) is 9.51. The summed E-state index contributed by atoms with van der Waals surface area (Å²) in [6.45, 7) is 1.08. The number of ether oxygens (including phenoxy) is 2. The summed E-state index contributed by atoms with van der Waals surface area (Å²) in [4.78, 5) is 29.7. The number of amides is 1. The Morgan fingerprint density at radius 2 is 1.86 bits per heavy atom. The Labute approximate surface area is 249 Å². The molecule has 7 rings (SSSR count). The first kappa shape index (κ1) is 28.1. The Hall–Kier alpha value is -4.66. The monoisotopic (exact) mass is 626 g/mol. The summed E-state index contributed by atoms with van der Waals surface area (Å²) in [5.41, 5.74) is -0.773. The fraction of sp³-hybridized carbons (Fsp3) is 0.310. The van der Waals surface area contributed by atoms with Crippen LogP contribution in [0.2, 0.25) is 0 Å². The maximum atomic E-state index is 14.7. The lowest BCUT2D eigenvalue weighted by Gasteiger charge is -2.39. The number of nitrogens with one attached hydrogen (secondary N) is 1. The van der Waals surface area contributed by atoms with Gasteiger partial charge in [0.05, 0.1) is 49.7 Å². The van der Waals surface area contributed by atoms with Crippen LogP contribution in [0, 0.1) is 5.82 Å². The van der Waals surface area contributed by atoms with E-state index in [9.17, 15) is 26.4 Å². The summed E-state index contributed by atoms with van der Waals surface area (Å²) in [6, 6.07) is 8.95. The van der Waals surface area contributed by atoms with Gasteiger partial charge in [0, 0.05) is 29.8 Å². The molecule has 0 radical (unpaired) electrons. The molecule has 1 atom stereocenters. The van der Waals surface area contributed by atoms with E-state index in [0.29, 0.717) is 54.8 Å². The van der Waals surface area contributed by atoms with Crippen molar-refractivity contribution < 1.29 is 35.9 Å². The highest BCUT2D eigenvalue weighted by atomic mass is 32.2. The third-order valence-electron chi connectivity index (χ3n) is 7.69. The SMILES string of the molecule is O=C(NCc1cc2nc(N3CCOc4c(N5CC(F)C5)ccnc43)ccc2cn1)c1cc(F)c2c(c1)S(=O)(=O)[C@@H](F)CCO2. The average Bonchev–Trinajstić information content (AvgIpc) is 3.12. The van der Waals surface area contributed by atoms with Gasteiger partial charge in [-0.25, -0.2) is 31.6 Å². The molecule has 3 aliphatic rings. The van der Waals surface area contributed by atoms with Crippen LogP contribution < -0.4 is 24.6 Å². The zero-order chi connectivity index (χ0) is 30.6. The van der Waals surface area contributed by atoms with Gasteiger partial charge in [-0.05, 0) is 36.4 Å². The first-order valence-corrected chi connectivity index (χ1v) is 15.4. The van der Waals surface area contributed by atoms with Crippen molar-refractivity contribution >= 4 is 44.0 Å². The molecular formula is C29H25F3N6O5S. The Balaban J connectivity index is 1.12. The quantitative estimate of drug-likeness (QED) is 0.351. The Morgan fingerprint density at radius 3 is 2.68 bits per heavy atom. The smallest absolute Gasteiger partial charge is 0.251 e. The van der Waals surface area contributed by atoms with Gasteiger partial charge in [0.15, 0.2) is 23.1 Å². The van der Waals surface area contributed by atoms with Crippen LogP contribution in [-0.2, 0) is 16.4 Å². The number of aromatic nitrogens is 3. The zero-order valence-corrected chi connectivity index (χ0v) is 23.9. The van der Waals surface area contributed by atoms with Crippen molar-refractivity contribution in [1.82, 2.24) is 20.3 Å². The first-order chi connectivity index (χ1) is 21.2. The molecule has 1 amide bonds. The van der Waals surface area contributed by atoms with E-state index in [4.69, 9.17) is 14.5 Å². The number of sulfone groups is 1. The van der Waals surface area contributed by atoms with Gasteiger partial charge in [-0.2, -0.15) is 0 Å². The largest absolute Gasteiger partial charge is 0.489 e. The molecule has 0 spiro atoms.